The number of hydrogen-bond acceptors (Lipinski definition) is 1. The van der Waals surface area contributed by atoms with Crippen LogP contribution in [0.5, 0.6) is 0 Å². The molecule has 0 amide bonds. The minimum Gasteiger partial charge on any atom is -0.326 e. The molecule has 1 nitrogen and oxygen atoms in total. The van der Waals surface area contributed by atoms with Crippen LogP contribution in [0.25, 0.3) is 0 Å². The molecule has 0 bridgehead atoms. The fourth-order valence-corrected chi connectivity index (χ4v) is 1.27. The van der Waals surface area contributed by atoms with E-state index in [-0.39, 0.29) is 12.4 Å². The standard InChI is InChI=1S/C11H16FN/c1-3-8(2)9-4-5-10(7-13)11(12)6-9/h4-6,8H,3,7,13H2,1-2H3. The van der Waals surface area contributed by atoms with Gasteiger partial charge in [-0.05, 0) is 24.0 Å². The minimum absolute atomic E-state index is 0.180. The topological polar surface area (TPSA) is 26.0 Å². The van der Waals surface area contributed by atoms with Crippen LogP contribution in [0.1, 0.15) is 37.3 Å². The van der Waals surface area contributed by atoms with Crippen LogP contribution in [0.15, 0.2) is 18.2 Å². The van der Waals surface area contributed by atoms with E-state index in [9.17, 15) is 4.39 Å². The lowest BCUT2D eigenvalue weighted by Crippen LogP contribution is -2.01. The van der Waals surface area contributed by atoms with Crippen molar-refractivity contribution in [3.63, 3.8) is 0 Å². The highest BCUT2D eigenvalue weighted by atomic mass is 19.1. The smallest absolute Gasteiger partial charge is 0.127 e. The fourth-order valence-electron chi connectivity index (χ4n) is 1.27. The summed E-state index contributed by atoms with van der Waals surface area (Å²) in [6.45, 7) is 4.46. The summed E-state index contributed by atoms with van der Waals surface area (Å²) in [7, 11) is 0. The van der Waals surface area contributed by atoms with Gasteiger partial charge in [0, 0.05) is 12.1 Å². The van der Waals surface area contributed by atoms with Crippen molar-refractivity contribution in [2.45, 2.75) is 32.7 Å². The average Bonchev–Trinajstić information content (AvgIpc) is 2.16. The van der Waals surface area contributed by atoms with Crippen LogP contribution in [0.3, 0.4) is 0 Å². The highest BCUT2D eigenvalue weighted by Gasteiger charge is 2.06. The largest absolute Gasteiger partial charge is 0.326 e. The van der Waals surface area contributed by atoms with Crippen LogP contribution >= 0.6 is 0 Å². The minimum atomic E-state index is -0.180. The molecule has 1 aromatic carbocycles. The number of hydrogen-bond donors (Lipinski definition) is 1. The van der Waals surface area contributed by atoms with Gasteiger partial charge in [-0.3, -0.25) is 0 Å². The van der Waals surface area contributed by atoms with Crippen molar-refractivity contribution in [2.75, 3.05) is 0 Å². The molecule has 13 heavy (non-hydrogen) atoms. The molecular formula is C11H16FN. The Labute approximate surface area is 78.8 Å². The van der Waals surface area contributed by atoms with Gasteiger partial charge in [0.25, 0.3) is 0 Å². The van der Waals surface area contributed by atoms with E-state index >= 15 is 0 Å². The van der Waals surface area contributed by atoms with Crippen molar-refractivity contribution in [3.05, 3.63) is 35.1 Å². The second kappa shape index (κ2) is 4.38. The Morgan fingerprint density at radius 2 is 2.15 bits per heavy atom. The SMILES string of the molecule is CCC(C)c1ccc(CN)c(F)c1. The van der Waals surface area contributed by atoms with E-state index in [2.05, 4.69) is 13.8 Å². The van der Waals surface area contributed by atoms with Crippen molar-refractivity contribution in [2.24, 2.45) is 5.73 Å². The first kappa shape index (κ1) is 10.2. The third-order valence-corrected chi connectivity index (χ3v) is 2.48. The van der Waals surface area contributed by atoms with Crippen molar-refractivity contribution < 1.29 is 4.39 Å². The molecule has 2 heteroatoms. The van der Waals surface area contributed by atoms with Crippen LogP contribution in [0.4, 0.5) is 4.39 Å². The van der Waals surface area contributed by atoms with Crippen LogP contribution in [-0.4, -0.2) is 0 Å². The second-order valence-electron chi connectivity index (χ2n) is 3.36. The molecule has 0 saturated heterocycles. The number of nitrogens with two attached hydrogens (primary N) is 1. The lowest BCUT2D eigenvalue weighted by molar-refractivity contribution is 0.603. The van der Waals surface area contributed by atoms with Gasteiger partial charge in [-0.2, -0.15) is 0 Å². The Morgan fingerprint density at radius 1 is 1.46 bits per heavy atom. The molecule has 0 heterocycles. The molecule has 2 N–H and O–H groups in total. The Morgan fingerprint density at radius 3 is 2.62 bits per heavy atom. The number of benzene rings is 1. The van der Waals surface area contributed by atoms with Crippen LogP contribution in [-0.2, 0) is 6.54 Å². The molecule has 72 valence electrons. The molecule has 0 fully saturated rings. The van der Waals surface area contributed by atoms with Gasteiger partial charge in [-0.1, -0.05) is 26.0 Å². The Balaban J connectivity index is 2.95. The summed E-state index contributed by atoms with van der Waals surface area (Å²) in [5.41, 5.74) is 7.01. The van der Waals surface area contributed by atoms with E-state index < -0.39 is 0 Å². The van der Waals surface area contributed by atoms with E-state index in [0.717, 1.165) is 12.0 Å². The van der Waals surface area contributed by atoms with E-state index in [4.69, 9.17) is 5.73 Å². The van der Waals surface area contributed by atoms with Gasteiger partial charge in [0.05, 0.1) is 0 Å². The molecule has 0 aliphatic heterocycles. The van der Waals surface area contributed by atoms with Crippen molar-refractivity contribution in [1.82, 2.24) is 0 Å². The third kappa shape index (κ3) is 2.28. The summed E-state index contributed by atoms with van der Waals surface area (Å²) in [6, 6.07) is 5.33. The Hall–Kier alpha value is -0.890. The summed E-state index contributed by atoms with van der Waals surface area (Å²) in [5.74, 6) is 0.238. The van der Waals surface area contributed by atoms with Crippen LogP contribution < -0.4 is 5.73 Å². The van der Waals surface area contributed by atoms with Crippen molar-refractivity contribution >= 4 is 0 Å². The zero-order valence-electron chi connectivity index (χ0n) is 8.18. The molecule has 1 rings (SSSR count). The predicted molar refractivity (Wildman–Crippen MR) is 53.0 cm³/mol. The van der Waals surface area contributed by atoms with E-state index in [1.165, 1.54) is 0 Å². The Kier molecular flexibility index (Phi) is 3.43. The van der Waals surface area contributed by atoms with Gasteiger partial charge in [0.2, 0.25) is 0 Å². The van der Waals surface area contributed by atoms with Gasteiger partial charge >= 0.3 is 0 Å². The summed E-state index contributed by atoms with van der Waals surface area (Å²) in [6.07, 6.45) is 1.03. The molecule has 0 radical (unpaired) electrons. The first-order valence-corrected chi connectivity index (χ1v) is 4.67. The Bertz CT molecular complexity index is 283. The highest BCUT2D eigenvalue weighted by molar-refractivity contribution is 5.26. The summed E-state index contributed by atoms with van der Waals surface area (Å²) in [5, 5.41) is 0. The monoisotopic (exact) mass is 181 g/mol. The highest BCUT2D eigenvalue weighted by Crippen LogP contribution is 2.20. The van der Waals surface area contributed by atoms with Crippen LogP contribution in [0, 0.1) is 5.82 Å². The molecular weight excluding hydrogens is 165 g/mol. The van der Waals surface area contributed by atoms with Gasteiger partial charge in [-0.25, -0.2) is 4.39 Å². The maximum Gasteiger partial charge on any atom is 0.127 e. The fraction of sp³-hybridized carbons (Fsp3) is 0.455. The lowest BCUT2D eigenvalue weighted by Gasteiger charge is -2.10. The quantitative estimate of drug-likeness (QED) is 0.762. The van der Waals surface area contributed by atoms with E-state index in [0.29, 0.717) is 11.5 Å². The number of halogens is 1. The van der Waals surface area contributed by atoms with Crippen molar-refractivity contribution in [3.8, 4) is 0 Å². The van der Waals surface area contributed by atoms with Gasteiger partial charge in [-0.15, -0.1) is 0 Å². The normalized spacial score (nSPS) is 12.9. The maximum absolute atomic E-state index is 13.3. The summed E-state index contributed by atoms with van der Waals surface area (Å²) in [4.78, 5) is 0. The van der Waals surface area contributed by atoms with Gasteiger partial charge < -0.3 is 5.73 Å². The third-order valence-electron chi connectivity index (χ3n) is 2.48. The average molecular weight is 181 g/mol. The first-order chi connectivity index (χ1) is 6.19. The molecule has 0 spiro atoms. The van der Waals surface area contributed by atoms with Crippen molar-refractivity contribution in [1.29, 1.82) is 0 Å². The van der Waals surface area contributed by atoms with E-state index in [1.54, 1.807) is 12.1 Å². The molecule has 0 aliphatic carbocycles. The summed E-state index contributed by atoms with van der Waals surface area (Å²) >= 11 is 0. The second-order valence-corrected chi connectivity index (χ2v) is 3.36. The first-order valence-electron chi connectivity index (χ1n) is 4.67. The molecule has 0 saturated carbocycles. The molecule has 0 aliphatic rings. The van der Waals surface area contributed by atoms with Crippen LogP contribution in [0.2, 0.25) is 0 Å². The maximum atomic E-state index is 13.3. The van der Waals surface area contributed by atoms with E-state index in [1.807, 2.05) is 6.07 Å². The molecule has 1 unspecified atom stereocenters. The zero-order chi connectivity index (χ0) is 9.84. The zero-order valence-corrected chi connectivity index (χ0v) is 8.18. The van der Waals surface area contributed by atoms with Gasteiger partial charge in [0.15, 0.2) is 0 Å². The molecule has 0 aromatic heterocycles. The molecule has 1 atom stereocenters. The lowest BCUT2D eigenvalue weighted by atomic mass is 9.97. The van der Waals surface area contributed by atoms with Gasteiger partial charge in [0.1, 0.15) is 5.82 Å². The predicted octanol–water partition coefficient (Wildman–Crippen LogP) is 2.80. The number of rotatable bonds is 3. The summed E-state index contributed by atoms with van der Waals surface area (Å²) < 4.78 is 13.3. The molecule has 1 aromatic rings.